The van der Waals surface area contributed by atoms with Gasteiger partial charge in [-0.1, -0.05) is 19.9 Å². The highest BCUT2D eigenvalue weighted by atomic mass is 16.2. The summed E-state index contributed by atoms with van der Waals surface area (Å²) in [6, 6.07) is 6.41. The van der Waals surface area contributed by atoms with Crippen molar-refractivity contribution in [3.63, 3.8) is 0 Å². The fourth-order valence-corrected chi connectivity index (χ4v) is 4.44. The van der Waals surface area contributed by atoms with Gasteiger partial charge in [-0.05, 0) is 36.1 Å². The molecule has 0 N–H and O–H groups in total. The molecule has 5 heteroatoms. The van der Waals surface area contributed by atoms with Crippen LogP contribution < -0.4 is 9.80 Å². The summed E-state index contributed by atoms with van der Waals surface area (Å²) in [5, 5.41) is 0. The summed E-state index contributed by atoms with van der Waals surface area (Å²) < 4.78 is 0. The first kappa shape index (κ1) is 18.5. The third-order valence-electron chi connectivity index (χ3n) is 5.97. The third kappa shape index (κ3) is 3.00. The lowest BCUT2D eigenvalue weighted by molar-refractivity contribution is -0.129. The largest absolute Gasteiger partial charge is 0.360 e. The summed E-state index contributed by atoms with van der Waals surface area (Å²) in [5.41, 5.74) is 3.16. The van der Waals surface area contributed by atoms with Crippen LogP contribution >= 0.6 is 0 Å². The molecule has 3 rings (SSSR count). The van der Waals surface area contributed by atoms with Gasteiger partial charge in [-0.25, -0.2) is 0 Å². The standard InChI is InChI=1S/C21H29N3O2/c1-6-17-14(3)19(7-2)24(15(4)25)20-9-8-16(12-18(17)20)23-11-10-22(5)21(26)13-23/h6,8-9,12,14,17,19H,1,7,10-11,13H2,2-5H3/t14-,17-,19+/m1/s1. The van der Waals surface area contributed by atoms with Gasteiger partial charge in [-0.15, -0.1) is 6.58 Å². The predicted molar refractivity (Wildman–Crippen MR) is 106 cm³/mol. The van der Waals surface area contributed by atoms with Gasteiger partial charge in [-0.2, -0.15) is 0 Å². The van der Waals surface area contributed by atoms with Crippen molar-refractivity contribution in [2.24, 2.45) is 5.92 Å². The zero-order valence-corrected chi connectivity index (χ0v) is 16.2. The normalized spacial score (nSPS) is 25.9. The quantitative estimate of drug-likeness (QED) is 0.783. The zero-order valence-electron chi connectivity index (χ0n) is 16.2. The molecule has 2 heterocycles. The molecule has 0 saturated carbocycles. The number of rotatable bonds is 3. The van der Waals surface area contributed by atoms with Crippen LogP contribution in [0.15, 0.2) is 30.9 Å². The number of carbonyl (C=O) groups excluding carboxylic acids is 2. The van der Waals surface area contributed by atoms with E-state index in [4.69, 9.17) is 0 Å². The van der Waals surface area contributed by atoms with Crippen LogP contribution in [0.2, 0.25) is 0 Å². The van der Waals surface area contributed by atoms with E-state index in [0.29, 0.717) is 12.5 Å². The van der Waals surface area contributed by atoms with Crippen LogP contribution in [-0.4, -0.2) is 49.4 Å². The van der Waals surface area contributed by atoms with Gasteiger partial charge in [0.1, 0.15) is 0 Å². The molecule has 5 nitrogen and oxygen atoms in total. The highest BCUT2D eigenvalue weighted by Crippen LogP contribution is 2.45. The molecule has 2 aliphatic heterocycles. The Morgan fingerprint density at radius 3 is 2.65 bits per heavy atom. The molecule has 1 aromatic rings. The zero-order chi connectivity index (χ0) is 19.0. The maximum absolute atomic E-state index is 12.4. The van der Waals surface area contributed by atoms with Gasteiger partial charge < -0.3 is 14.7 Å². The van der Waals surface area contributed by atoms with Gasteiger partial charge in [0.15, 0.2) is 0 Å². The molecular formula is C21H29N3O2. The van der Waals surface area contributed by atoms with Crippen LogP contribution in [-0.2, 0) is 9.59 Å². The Morgan fingerprint density at radius 1 is 1.35 bits per heavy atom. The number of allylic oxidation sites excluding steroid dienone is 1. The number of nitrogens with zero attached hydrogens (tertiary/aromatic N) is 3. The fraction of sp³-hybridized carbons (Fsp3) is 0.524. The number of carbonyl (C=O) groups is 2. The number of benzene rings is 1. The Hall–Kier alpha value is -2.30. The van der Waals surface area contributed by atoms with Crippen molar-refractivity contribution < 1.29 is 9.59 Å². The highest BCUT2D eigenvalue weighted by Gasteiger charge is 2.38. The van der Waals surface area contributed by atoms with Gasteiger partial charge in [0.05, 0.1) is 6.54 Å². The molecule has 0 unspecified atom stereocenters. The maximum Gasteiger partial charge on any atom is 0.241 e. The molecule has 3 atom stereocenters. The van der Waals surface area contributed by atoms with E-state index < -0.39 is 0 Å². The molecule has 0 aliphatic carbocycles. The average molecular weight is 355 g/mol. The smallest absolute Gasteiger partial charge is 0.241 e. The van der Waals surface area contributed by atoms with E-state index in [0.717, 1.165) is 36.4 Å². The third-order valence-corrected chi connectivity index (χ3v) is 5.97. The lowest BCUT2D eigenvalue weighted by atomic mass is 9.76. The van der Waals surface area contributed by atoms with Crippen LogP contribution in [0.5, 0.6) is 0 Å². The summed E-state index contributed by atoms with van der Waals surface area (Å²) in [6.07, 6.45) is 2.92. The van der Waals surface area contributed by atoms with Crippen molar-refractivity contribution >= 4 is 23.2 Å². The van der Waals surface area contributed by atoms with Crippen LogP contribution in [0, 0.1) is 5.92 Å². The van der Waals surface area contributed by atoms with Gasteiger partial charge in [0.2, 0.25) is 11.8 Å². The van der Waals surface area contributed by atoms with E-state index >= 15 is 0 Å². The molecule has 2 amide bonds. The summed E-state index contributed by atoms with van der Waals surface area (Å²) in [4.78, 5) is 30.3. The van der Waals surface area contributed by atoms with Crippen molar-refractivity contribution in [3.8, 4) is 0 Å². The van der Waals surface area contributed by atoms with Crippen molar-refractivity contribution in [1.29, 1.82) is 0 Å². The molecule has 0 spiro atoms. The molecule has 0 aromatic heterocycles. The maximum atomic E-state index is 12.4. The Balaban J connectivity index is 2.03. The van der Waals surface area contributed by atoms with Crippen LogP contribution in [0.1, 0.15) is 38.7 Å². The van der Waals surface area contributed by atoms with Crippen molar-refractivity contribution in [2.45, 2.75) is 39.2 Å². The highest BCUT2D eigenvalue weighted by molar-refractivity contribution is 5.94. The average Bonchev–Trinajstić information content (AvgIpc) is 2.62. The van der Waals surface area contributed by atoms with Gasteiger partial charge >= 0.3 is 0 Å². The van der Waals surface area contributed by atoms with Crippen LogP contribution in [0.4, 0.5) is 11.4 Å². The lowest BCUT2D eigenvalue weighted by Gasteiger charge is -2.44. The molecule has 1 saturated heterocycles. The first-order valence-corrected chi connectivity index (χ1v) is 9.44. The number of likely N-dealkylation sites (N-methyl/N-ethyl adjacent to an activating group) is 1. The van der Waals surface area contributed by atoms with Crippen molar-refractivity contribution in [3.05, 3.63) is 36.4 Å². The number of hydrogen-bond acceptors (Lipinski definition) is 3. The van der Waals surface area contributed by atoms with Gasteiger partial charge in [-0.3, -0.25) is 9.59 Å². The predicted octanol–water partition coefficient (Wildman–Crippen LogP) is 3.02. The SMILES string of the molecule is C=C[C@H]1c2cc(N3CCN(C)C(=O)C3)ccc2N(C(C)=O)[C@@H](CC)[C@@H]1C. The van der Waals surface area contributed by atoms with Crippen LogP contribution in [0.25, 0.3) is 0 Å². The second-order valence-corrected chi connectivity index (χ2v) is 7.47. The fourth-order valence-electron chi connectivity index (χ4n) is 4.44. The molecule has 0 radical (unpaired) electrons. The second kappa shape index (κ2) is 7.14. The molecule has 1 fully saturated rings. The minimum atomic E-state index is 0.0787. The van der Waals surface area contributed by atoms with E-state index in [-0.39, 0.29) is 23.8 Å². The first-order valence-electron chi connectivity index (χ1n) is 9.44. The van der Waals surface area contributed by atoms with Crippen LogP contribution in [0.3, 0.4) is 0 Å². The first-order chi connectivity index (χ1) is 12.4. The minimum absolute atomic E-state index is 0.0787. The summed E-state index contributed by atoms with van der Waals surface area (Å²) in [7, 11) is 1.84. The lowest BCUT2D eigenvalue weighted by Crippen LogP contribution is -2.49. The molecule has 2 aliphatic rings. The molecule has 1 aromatic carbocycles. The Kier molecular flexibility index (Phi) is 5.08. The number of hydrogen-bond donors (Lipinski definition) is 0. The minimum Gasteiger partial charge on any atom is -0.360 e. The Morgan fingerprint density at radius 2 is 2.08 bits per heavy atom. The number of piperazine rings is 1. The van der Waals surface area contributed by atoms with E-state index in [1.54, 1.807) is 11.8 Å². The molecule has 0 bridgehead atoms. The Labute approximate surface area is 156 Å². The number of fused-ring (bicyclic) bond motifs is 1. The topological polar surface area (TPSA) is 43.9 Å². The summed E-state index contributed by atoms with van der Waals surface area (Å²) >= 11 is 0. The van der Waals surface area contributed by atoms with E-state index in [1.165, 1.54) is 0 Å². The van der Waals surface area contributed by atoms with E-state index in [2.05, 4.69) is 31.4 Å². The van der Waals surface area contributed by atoms with E-state index in [9.17, 15) is 9.59 Å². The van der Waals surface area contributed by atoms with E-state index in [1.807, 2.05) is 30.2 Å². The second-order valence-electron chi connectivity index (χ2n) is 7.47. The van der Waals surface area contributed by atoms with Crippen molar-refractivity contribution in [2.75, 3.05) is 36.5 Å². The van der Waals surface area contributed by atoms with Crippen molar-refractivity contribution in [1.82, 2.24) is 4.90 Å². The molecular weight excluding hydrogens is 326 g/mol. The number of amides is 2. The Bertz CT molecular complexity index is 730. The molecule has 26 heavy (non-hydrogen) atoms. The summed E-state index contributed by atoms with van der Waals surface area (Å²) in [6.45, 7) is 12.0. The van der Waals surface area contributed by atoms with Gasteiger partial charge in [0, 0.05) is 50.4 Å². The monoisotopic (exact) mass is 355 g/mol. The molecule has 140 valence electrons. The summed E-state index contributed by atoms with van der Waals surface area (Å²) in [5.74, 6) is 0.723. The number of anilines is 2. The van der Waals surface area contributed by atoms with Gasteiger partial charge in [0.25, 0.3) is 0 Å².